The van der Waals surface area contributed by atoms with Gasteiger partial charge in [-0.25, -0.2) is 0 Å². The van der Waals surface area contributed by atoms with E-state index >= 15 is 0 Å². The molecule has 0 amide bonds. The van der Waals surface area contributed by atoms with Crippen LogP contribution in [0.5, 0.6) is 11.5 Å². The Morgan fingerprint density at radius 1 is 1.03 bits per heavy atom. The van der Waals surface area contributed by atoms with E-state index in [0.29, 0.717) is 5.92 Å². The van der Waals surface area contributed by atoms with Gasteiger partial charge in [-0.1, -0.05) is 24.6 Å². The number of hydrogen-bond donors (Lipinski definition) is 0. The van der Waals surface area contributed by atoms with Crippen LogP contribution in [0.25, 0.3) is 0 Å². The van der Waals surface area contributed by atoms with Crippen LogP contribution in [-0.2, 0) is 6.54 Å². The molecule has 4 heteroatoms. The molecular weight excluding hydrogens is 372 g/mol. The Hall–Kier alpha value is -2.04. The monoisotopic (exact) mass is 408 g/mol. The maximum absolute atomic E-state index is 6.24. The van der Waals surface area contributed by atoms with E-state index in [0.717, 1.165) is 44.2 Å². The predicted octanol–water partition coefficient (Wildman–Crippen LogP) is 4.84. The number of methoxy groups -OCH3 is 1. The zero-order valence-corrected chi connectivity index (χ0v) is 18.8. The van der Waals surface area contributed by atoms with Gasteiger partial charge in [0.25, 0.3) is 0 Å². The molecule has 2 aromatic carbocycles. The molecule has 0 aromatic heterocycles. The molecule has 0 aliphatic carbocycles. The predicted molar refractivity (Wildman–Crippen MR) is 123 cm³/mol. The molecule has 0 saturated carbocycles. The minimum atomic E-state index is 0.386. The number of likely N-dealkylation sites (tertiary alicyclic amines) is 1. The van der Waals surface area contributed by atoms with E-state index in [1.807, 2.05) is 0 Å². The molecule has 30 heavy (non-hydrogen) atoms. The van der Waals surface area contributed by atoms with Gasteiger partial charge >= 0.3 is 0 Å². The standard InChI is InChI=1S/C26H36N2O2/c1-20-16-24-22(17-26(20)30-15-7-14-28-12-5-4-6-13-28)18-27(2)19-25(24)21-8-10-23(29-3)11-9-21/h8-11,16-17,25H,4-7,12-15,18-19H2,1-3H3. The average Bonchev–Trinajstić information content (AvgIpc) is 2.77. The lowest BCUT2D eigenvalue weighted by molar-refractivity contribution is 0.204. The third-order valence-corrected chi connectivity index (χ3v) is 6.59. The quantitative estimate of drug-likeness (QED) is 0.612. The lowest BCUT2D eigenvalue weighted by atomic mass is 9.83. The second-order valence-electron chi connectivity index (χ2n) is 8.94. The van der Waals surface area contributed by atoms with Crippen molar-refractivity contribution in [2.45, 2.75) is 45.1 Å². The Morgan fingerprint density at radius 3 is 2.53 bits per heavy atom. The molecule has 1 saturated heterocycles. The zero-order chi connectivity index (χ0) is 20.9. The molecule has 4 nitrogen and oxygen atoms in total. The summed E-state index contributed by atoms with van der Waals surface area (Å²) in [6.45, 7) is 8.68. The lowest BCUT2D eigenvalue weighted by Gasteiger charge is -2.33. The fourth-order valence-electron chi connectivity index (χ4n) is 4.91. The second-order valence-corrected chi connectivity index (χ2v) is 8.94. The molecule has 2 aromatic rings. The van der Waals surface area contributed by atoms with Crippen molar-refractivity contribution in [2.24, 2.45) is 0 Å². The first kappa shape index (κ1) is 21.2. The topological polar surface area (TPSA) is 24.9 Å². The number of rotatable bonds is 7. The van der Waals surface area contributed by atoms with Crippen LogP contribution in [0.1, 0.15) is 53.9 Å². The largest absolute Gasteiger partial charge is 0.497 e. The number of fused-ring (bicyclic) bond motifs is 1. The van der Waals surface area contributed by atoms with Gasteiger partial charge in [0.15, 0.2) is 0 Å². The van der Waals surface area contributed by atoms with E-state index in [4.69, 9.17) is 9.47 Å². The van der Waals surface area contributed by atoms with Crippen LogP contribution in [0, 0.1) is 6.92 Å². The molecular formula is C26H36N2O2. The van der Waals surface area contributed by atoms with E-state index in [1.165, 1.54) is 54.6 Å². The number of nitrogens with zero attached hydrogens (tertiary/aromatic N) is 2. The van der Waals surface area contributed by atoms with Crippen molar-refractivity contribution in [3.8, 4) is 11.5 Å². The Labute approximate surface area is 181 Å². The summed E-state index contributed by atoms with van der Waals surface area (Å²) in [6, 6.07) is 13.2. The number of aryl methyl sites for hydroxylation is 1. The summed E-state index contributed by atoms with van der Waals surface area (Å²) >= 11 is 0. The Kier molecular flexibility index (Phi) is 6.96. The Morgan fingerprint density at radius 2 is 1.80 bits per heavy atom. The van der Waals surface area contributed by atoms with Crippen LogP contribution in [-0.4, -0.2) is 56.7 Å². The average molecular weight is 409 g/mol. The van der Waals surface area contributed by atoms with Crippen molar-refractivity contribution in [3.63, 3.8) is 0 Å². The maximum Gasteiger partial charge on any atom is 0.122 e. The van der Waals surface area contributed by atoms with Crippen LogP contribution in [0.2, 0.25) is 0 Å². The summed E-state index contributed by atoms with van der Waals surface area (Å²) in [4.78, 5) is 4.99. The van der Waals surface area contributed by atoms with E-state index in [1.54, 1.807) is 7.11 Å². The first-order valence-corrected chi connectivity index (χ1v) is 11.4. The smallest absolute Gasteiger partial charge is 0.122 e. The van der Waals surface area contributed by atoms with E-state index < -0.39 is 0 Å². The third-order valence-electron chi connectivity index (χ3n) is 6.59. The van der Waals surface area contributed by atoms with Crippen molar-refractivity contribution in [2.75, 3.05) is 46.9 Å². The van der Waals surface area contributed by atoms with Gasteiger partial charge in [0.05, 0.1) is 13.7 Å². The molecule has 2 heterocycles. The van der Waals surface area contributed by atoms with Crippen molar-refractivity contribution in [3.05, 3.63) is 58.7 Å². The van der Waals surface area contributed by atoms with Gasteiger partial charge in [-0.15, -0.1) is 0 Å². The Balaban J connectivity index is 1.44. The summed E-state index contributed by atoms with van der Waals surface area (Å²) in [5.74, 6) is 2.35. The number of likely N-dealkylation sites (N-methyl/N-ethyl adjacent to an activating group) is 1. The number of benzene rings is 2. The first-order valence-electron chi connectivity index (χ1n) is 11.4. The highest BCUT2D eigenvalue weighted by atomic mass is 16.5. The molecule has 162 valence electrons. The van der Waals surface area contributed by atoms with Crippen LogP contribution < -0.4 is 9.47 Å². The van der Waals surface area contributed by atoms with E-state index in [9.17, 15) is 0 Å². The van der Waals surface area contributed by atoms with Crippen molar-refractivity contribution in [1.29, 1.82) is 0 Å². The highest BCUT2D eigenvalue weighted by Gasteiger charge is 2.26. The van der Waals surface area contributed by atoms with Crippen LogP contribution >= 0.6 is 0 Å². The SMILES string of the molecule is COc1ccc(C2CN(C)Cc3cc(OCCCN4CCCCC4)c(C)cc32)cc1. The normalized spacial score (nSPS) is 20.0. The molecule has 4 rings (SSSR count). The molecule has 1 fully saturated rings. The minimum Gasteiger partial charge on any atom is -0.497 e. The van der Waals surface area contributed by atoms with Crippen molar-refractivity contribution in [1.82, 2.24) is 9.80 Å². The molecule has 1 unspecified atom stereocenters. The molecule has 0 bridgehead atoms. The summed E-state index contributed by atoms with van der Waals surface area (Å²) < 4.78 is 11.6. The molecule has 0 spiro atoms. The van der Waals surface area contributed by atoms with Crippen LogP contribution in [0.4, 0.5) is 0 Å². The summed E-state index contributed by atoms with van der Waals surface area (Å²) in [7, 11) is 3.93. The second kappa shape index (κ2) is 9.84. The summed E-state index contributed by atoms with van der Waals surface area (Å²) in [5.41, 5.74) is 5.42. The van der Waals surface area contributed by atoms with Gasteiger partial charge in [0.1, 0.15) is 11.5 Å². The lowest BCUT2D eigenvalue weighted by Crippen LogP contribution is -2.31. The highest BCUT2D eigenvalue weighted by Crippen LogP contribution is 2.37. The molecule has 1 atom stereocenters. The number of hydrogen-bond acceptors (Lipinski definition) is 4. The molecule has 2 aliphatic rings. The highest BCUT2D eigenvalue weighted by molar-refractivity contribution is 5.48. The van der Waals surface area contributed by atoms with Gasteiger partial charge in [0, 0.05) is 25.6 Å². The summed E-state index contributed by atoms with van der Waals surface area (Å²) in [6.07, 6.45) is 5.21. The van der Waals surface area contributed by atoms with E-state index in [2.05, 4.69) is 60.2 Å². The summed E-state index contributed by atoms with van der Waals surface area (Å²) in [5, 5.41) is 0. The maximum atomic E-state index is 6.24. The Bertz CT molecular complexity index is 828. The van der Waals surface area contributed by atoms with Crippen molar-refractivity contribution >= 4 is 0 Å². The third kappa shape index (κ3) is 4.98. The van der Waals surface area contributed by atoms with Gasteiger partial charge in [-0.2, -0.15) is 0 Å². The minimum absolute atomic E-state index is 0.386. The van der Waals surface area contributed by atoms with Gasteiger partial charge < -0.3 is 19.3 Å². The fourth-order valence-corrected chi connectivity index (χ4v) is 4.91. The number of piperidine rings is 1. The van der Waals surface area contributed by atoms with Gasteiger partial charge in [-0.3, -0.25) is 0 Å². The van der Waals surface area contributed by atoms with E-state index in [-0.39, 0.29) is 0 Å². The first-order chi connectivity index (χ1) is 14.6. The van der Waals surface area contributed by atoms with Gasteiger partial charge in [0.2, 0.25) is 0 Å². The molecule has 0 radical (unpaired) electrons. The van der Waals surface area contributed by atoms with Gasteiger partial charge in [-0.05, 0) is 86.8 Å². The molecule has 2 aliphatic heterocycles. The number of ether oxygens (including phenoxy) is 2. The molecule has 0 N–H and O–H groups in total. The van der Waals surface area contributed by atoms with Crippen molar-refractivity contribution < 1.29 is 9.47 Å². The zero-order valence-electron chi connectivity index (χ0n) is 18.8. The van der Waals surface area contributed by atoms with Crippen LogP contribution in [0.3, 0.4) is 0 Å². The van der Waals surface area contributed by atoms with Crippen LogP contribution in [0.15, 0.2) is 36.4 Å². The fraction of sp³-hybridized carbons (Fsp3) is 0.538.